The van der Waals surface area contributed by atoms with Gasteiger partial charge in [-0.1, -0.05) is 38.8 Å². The monoisotopic (exact) mass is 457 g/mol. The van der Waals surface area contributed by atoms with E-state index < -0.39 is 0 Å². The van der Waals surface area contributed by atoms with Gasteiger partial charge < -0.3 is 15.6 Å². The minimum absolute atomic E-state index is 0. The van der Waals surface area contributed by atoms with Gasteiger partial charge in [0.25, 0.3) is 0 Å². The molecule has 0 radical (unpaired) electrons. The Balaban J connectivity index is 0.00000312. The number of fused-ring (bicyclic) bond motifs is 1. The van der Waals surface area contributed by atoms with Crippen LogP contribution in [0.15, 0.2) is 29.3 Å². The molecule has 0 amide bonds. The minimum atomic E-state index is 0. The van der Waals surface area contributed by atoms with E-state index in [1.807, 2.05) is 25.2 Å². The molecule has 2 rings (SSSR count). The van der Waals surface area contributed by atoms with Gasteiger partial charge in [-0.25, -0.2) is 4.98 Å². The fraction of sp³-hybridized carbons (Fsp3) is 0.579. The molecule has 3 N–H and O–H groups in total. The van der Waals surface area contributed by atoms with Gasteiger partial charge in [0.2, 0.25) is 0 Å². The maximum Gasteiger partial charge on any atom is 0.191 e. The molecule has 0 aliphatic rings. The minimum Gasteiger partial charge on any atom is -0.356 e. The summed E-state index contributed by atoms with van der Waals surface area (Å²) in [6.45, 7) is 7.57. The first-order valence-electron chi connectivity index (χ1n) is 8.99. The molecule has 0 aliphatic heterocycles. The van der Waals surface area contributed by atoms with Crippen LogP contribution in [0.5, 0.6) is 0 Å². The number of guanidine groups is 1. The van der Waals surface area contributed by atoms with Gasteiger partial charge in [0.1, 0.15) is 5.82 Å². The normalized spacial score (nSPS) is 12.9. The number of nitrogens with zero attached hydrogens (tertiary/aromatic N) is 2. The summed E-state index contributed by atoms with van der Waals surface area (Å²) in [5.74, 6) is 2.64. The average molecular weight is 457 g/mol. The van der Waals surface area contributed by atoms with Crippen molar-refractivity contribution < 1.29 is 0 Å². The van der Waals surface area contributed by atoms with Gasteiger partial charge in [0.15, 0.2) is 5.96 Å². The molecule has 0 bridgehead atoms. The molecule has 0 saturated heterocycles. The first kappa shape index (κ1) is 21.7. The highest BCUT2D eigenvalue weighted by molar-refractivity contribution is 14.0. The number of hydrogen-bond donors (Lipinski definition) is 3. The zero-order valence-corrected chi connectivity index (χ0v) is 18.1. The number of hydrogen-bond acceptors (Lipinski definition) is 2. The van der Waals surface area contributed by atoms with Crippen molar-refractivity contribution in [2.24, 2.45) is 10.9 Å². The van der Waals surface area contributed by atoms with E-state index in [4.69, 9.17) is 0 Å². The van der Waals surface area contributed by atoms with Crippen LogP contribution in [0, 0.1) is 5.92 Å². The number of aliphatic imine (C=N–C) groups is 1. The summed E-state index contributed by atoms with van der Waals surface area (Å²) in [5.41, 5.74) is 2.11. The Labute approximate surface area is 168 Å². The molecule has 1 atom stereocenters. The van der Waals surface area contributed by atoms with Crippen LogP contribution in [0.4, 0.5) is 0 Å². The molecule has 0 fully saturated rings. The zero-order chi connectivity index (χ0) is 17.4. The number of aromatic nitrogens is 2. The van der Waals surface area contributed by atoms with Crippen LogP contribution >= 0.6 is 24.0 Å². The van der Waals surface area contributed by atoms with Crippen molar-refractivity contribution in [2.45, 2.75) is 52.5 Å². The Kier molecular flexibility index (Phi) is 9.85. The lowest BCUT2D eigenvalue weighted by atomic mass is 10.0. The largest absolute Gasteiger partial charge is 0.356 e. The molecule has 25 heavy (non-hydrogen) atoms. The third-order valence-corrected chi connectivity index (χ3v) is 4.12. The van der Waals surface area contributed by atoms with Crippen LogP contribution in [0.1, 0.15) is 45.9 Å². The molecule has 1 unspecified atom stereocenters. The highest BCUT2D eigenvalue weighted by Gasteiger charge is 2.06. The Hall–Kier alpha value is -1.31. The second kappa shape index (κ2) is 11.3. The lowest BCUT2D eigenvalue weighted by Gasteiger charge is -2.18. The van der Waals surface area contributed by atoms with Crippen molar-refractivity contribution >= 4 is 41.0 Å². The summed E-state index contributed by atoms with van der Waals surface area (Å²) >= 11 is 0. The third kappa shape index (κ3) is 7.63. The number of para-hydroxylation sites is 2. The zero-order valence-electron chi connectivity index (χ0n) is 15.8. The van der Waals surface area contributed by atoms with E-state index in [-0.39, 0.29) is 24.0 Å². The summed E-state index contributed by atoms with van der Waals surface area (Å²) in [7, 11) is 1.82. The predicted molar refractivity (Wildman–Crippen MR) is 118 cm³/mol. The van der Waals surface area contributed by atoms with Crippen molar-refractivity contribution in [2.75, 3.05) is 13.6 Å². The lowest BCUT2D eigenvalue weighted by Crippen LogP contribution is -2.42. The van der Waals surface area contributed by atoms with Crippen LogP contribution in [0.25, 0.3) is 11.0 Å². The Morgan fingerprint density at radius 3 is 2.64 bits per heavy atom. The van der Waals surface area contributed by atoms with E-state index in [0.717, 1.165) is 41.7 Å². The molecule has 0 aliphatic carbocycles. The summed E-state index contributed by atoms with van der Waals surface area (Å²) in [4.78, 5) is 12.3. The molecule has 2 aromatic rings. The van der Waals surface area contributed by atoms with Gasteiger partial charge in [-0.15, -0.1) is 24.0 Å². The van der Waals surface area contributed by atoms with Crippen molar-refractivity contribution in [1.29, 1.82) is 0 Å². The Morgan fingerprint density at radius 1 is 1.20 bits per heavy atom. The van der Waals surface area contributed by atoms with Gasteiger partial charge in [0, 0.05) is 26.1 Å². The molecule has 140 valence electrons. The second-order valence-electron chi connectivity index (χ2n) is 6.82. The highest BCUT2D eigenvalue weighted by atomic mass is 127. The van der Waals surface area contributed by atoms with Crippen LogP contribution in [-0.4, -0.2) is 35.6 Å². The van der Waals surface area contributed by atoms with Gasteiger partial charge in [-0.3, -0.25) is 4.99 Å². The van der Waals surface area contributed by atoms with Crippen LogP contribution in [0.2, 0.25) is 0 Å². The standard InChI is InChI=1S/C19H31N5.HI/c1-14(2)8-7-9-15(3)22-19(20-4)21-13-12-18-23-16-10-5-6-11-17(16)24-18;/h5-6,10-11,14-15H,7-9,12-13H2,1-4H3,(H,23,24)(H2,20,21,22);1H. The number of aromatic amines is 1. The highest BCUT2D eigenvalue weighted by Crippen LogP contribution is 2.10. The first-order valence-corrected chi connectivity index (χ1v) is 8.99. The van der Waals surface area contributed by atoms with Gasteiger partial charge in [0.05, 0.1) is 11.0 Å². The number of halogens is 1. The van der Waals surface area contributed by atoms with Crippen LogP contribution in [0.3, 0.4) is 0 Å². The predicted octanol–water partition coefficient (Wildman–Crippen LogP) is 4.10. The summed E-state index contributed by atoms with van der Waals surface area (Å²) < 4.78 is 0. The molecule has 1 aromatic heterocycles. The van der Waals surface area contributed by atoms with Crippen LogP contribution < -0.4 is 10.6 Å². The maximum absolute atomic E-state index is 4.60. The number of imidazole rings is 1. The topological polar surface area (TPSA) is 65.1 Å². The first-order chi connectivity index (χ1) is 11.6. The molecule has 1 aromatic carbocycles. The van der Waals surface area contributed by atoms with Gasteiger partial charge in [-0.2, -0.15) is 0 Å². The molecule has 1 heterocycles. The SMILES string of the molecule is CN=C(NCCc1nc2ccccc2[nH]1)NC(C)CCCC(C)C.I. The van der Waals surface area contributed by atoms with E-state index in [2.05, 4.69) is 52.4 Å². The van der Waals surface area contributed by atoms with Crippen LogP contribution in [-0.2, 0) is 6.42 Å². The van der Waals surface area contributed by atoms with E-state index in [1.54, 1.807) is 0 Å². The fourth-order valence-corrected chi connectivity index (χ4v) is 2.76. The number of benzene rings is 1. The van der Waals surface area contributed by atoms with E-state index in [0.29, 0.717) is 6.04 Å². The van der Waals surface area contributed by atoms with Gasteiger partial charge >= 0.3 is 0 Å². The molecule has 5 nitrogen and oxygen atoms in total. The number of H-pyrrole nitrogens is 1. The molecule has 0 spiro atoms. The lowest BCUT2D eigenvalue weighted by molar-refractivity contribution is 0.491. The van der Waals surface area contributed by atoms with E-state index in [1.165, 1.54) is 19.3 Å². The fourth-order valence-electron chi connectivity index (χ4n) is 2.76. The molecular weight excluding hydrogens is 425 g/mol. The Bertz CT molecular complexity index is 617. The smallest absolute Gasteiger partial charge is 0.191 e. The van der Waals surface area contributed by atoms with Crippen molar-refractivity contribution in [3.8, 4) is 0 Å². The summed E-state index contributed by atoms with van der Waals surface area (Å²) in [5, 5.41) is 6.83. The maximum atomic E-state index is 4.60. The Morgan fingerprint density at radius 2 is 1.96 bits per heavy atom. The number of nitrogens with one attached hydrogen (secondary N) is 3. The summed E-state index contributed by atoms with van der Waals surface area (Å²) in [6.07, 6.45) is 4.55. The second-order valence-corrected chi connectivity index (χ2v) is 6.82. The molecule has 6 heteroatoms. The quantitative estimate of drug-likeness (QED) is 0.318. The van der Waals surface area contributed by atoms with Crippen molar-refractivity contribution in [3.63, 3.8) is 0 Å². The number of rotatable bonds is 8. The van der Waals surface area contributed by atoms with E-state index >= 15 is 0 Å². The van der Waals surface area contributed by atoms with Gasteiger partial charge in [-0.05, 0) is 31.4 Å². The van der Waals surface area contributed by atoms with Crippen molar-refractivity contribution in [3.05, 3.63) is 30.1 Å². The summed E-state index contributed by atoms with van der Waals surface area (Å²) in [6, 6.07) is 8.55. The third-order valence-electron chi connectivity index (χ3n) is 4.12. The van der Waals surface area contributed by atoms with E-state index in [9.17, 15) is 0 Å². The molecule has 0 saturated carbocycles. The average Bonchev–Trinajstić information content (AvgIpc) is 2.96. The van der Waals surface area contributed by atoms with Crippen molar-refractivity contribution in [1.82, 2.24) is 20.6 Å². The molecular formula is C19H32IN5.